The van der Waals surface area contributed by atoms with Crippen LogP contribution in [0.1, 0.15) is 147 Å². The summed E-state index contributed by atoms with van der Waals surface area (Å²) in [6, 6.07) is 11.1. The van der Waals surface area contributed by atoms with Crippen LogP contribution in [0, 0.1) is 11.3 Å². The van der Waals surface area contributed by atoms with Gasteiger partial charge in [0, 0.05) is 40.2 Å². The Bertz CT molecular complexity index is 1330. The third-order valence-electron chi connectivity index (χ3n) is 9.12. The fraction of sp³-hybridized carbons (Fsp3) is 0.649. The topological polar surface area (TPSA) is 42.2 Å². The zero-order valence-corrected chi connectivity index (χ0v) is 36.1. The van der Waals surface area contributed by atoms with E-state index in [1.165, 1.54) is 104 Å². The number of nitrogens with zero attached hydrogens (tertiary/aromatic N) is 1. The summed E-state index contributed by atoms with van der Waals surface area (Å²) in [4.78, 5) is 0. The average molecular weight is 1010 g/mol. The van der Waals surface area contributed by atoms with Crippen molar-refractivity contribution in [2.24, 2.45) is 0 Å². The standard InChI is InChI=1S/C35H53O2P.C2H3N.Au.6FH.Sb/c1-23(2)26-21-29(24(3)4)33(30(22-26)25(5)6)34-31(36-7)19-20-32(37-8)35(34)38(27-15-11-9-12-16-27)28-17-13-10-14-18-28;1-2-3;;;;;;;;/h19-25,27-28H,9-18H2,1-8H3;1H3;;6*1H;/q;;;;;;;;;+5/p-6. The number of rotatable bonds is 9. The van der Waals surface area contributed by atoms with Gasteiger partial charge < -0.3 is 9.47 Å². The minimum absolute atomic E-state index is 0. The first kappa shape index (κ1) is 46.1. The third kappa shape index (κ3) is 14.9. The van der Waals surface area contributed by atoms with E-state index < -0.39 is 19.5 Å². The number of methoxy groups -OCH3 is 2. The molecule has 2 aliphatic carbocycles. The first-order valence-corrected chi connectivity index (χ1v) is 24.5. The average Bonchev–Trinajstić information content (AvgIpc) is 3.00. The van der Waals surface area contributed by atoms with Gasteiger partial charge in [-0.15, -0.1) is 0 Å². The van der Waals surface area contributed by atoms with Gasteiger partial charge in [0.2, 0.25) is 0 Å². The molecular formula is C37H56AuF6NO2PSb-. The van der Waals surface area contributed by atoms with Crippen LogP contribution < -0.4 is 14.8 Å². The maximum absolute atomic E-state index is 11.2. The van der Waals surface area contributed by atoms with Crippen LogP contribution >= 0.6 is 7.92 Å². The van der Waals surface area contributed by atoms with Gasteiger partial charge in [-0.25, -0.2) is 0 Å². The summed E-state index contributed by atoms with van der Waals surface area (Å²) in [5, 5.41) is 8.83. The summed E-state index contributed by atoms with van der Waals surface area (Å²) in [6.07, 6.45) is 13.8. The number of hydrogen-bond acceptors (Lipinski definition) is 3. The molecule has 0 atom stereocenters. The Hall–Kier alpha value is -0.902. The molecule has 0 spiro atoms. The molecule has 0 heterocycles. The van der Waals surface area contributed by atoms with Crippen molar-refractivity contribution in [3.8, 4) is 28.7 Å². The first-order valence-electron chi connectivity index (χ1n) is 17.2. The Balaban J connectivity index is 0.000000959. The van der Waals surface area contributed by atoms with Crippen molar-refractivity contribution in [2.75, 3.05) is 14.2 Å². The molecule has 285 valence electrons. The summed E-state index contributed by atoms with van der Waals surface area (Å²) < 4.78 is 72.1. The number of benzene rings is 2. The van der Waals surface area contributed by atoms with Crippen molar-refractivity contribution in [2.45, 2.75) is 142 Å². The van der Waals surface area contributed by atoms with Gasteiger partial charge in [0.1, 0.15) is 11.5 Å². The van der Waals surface area contributed by atoms with E-state index in [2.05, 4.69) is 65.8 Å². The van der Waals surface area contributed by atoms with E-state index in [0.717, 1.165) is 22.8 Å². The van der Waals surface area contributed by atoms with E-state index in [-0.39, 0.29) is 30.3 Å². The zero-order chi connectivity index (χ0) is 36.5. The summed E-state index contributed by atoms with van der Waals surface area (Å²) in [5.41, 5.74) is 8.76. The van der Waals surface area contributed by atoms with Crippen molar-refractivity contribution in [3.05, 3.63) is 41.0 Å². The van der Waals surface area contributed by atoms with Crippen LogP contribution in [-0.4, -0.2) is 45.0 Å². The molecule has 2 aromatic carbocycles. The zero-order valence-electron chi connectivity index (χ0n) is 30.5. The Morgan fingerprint density at radius 1 is 0.673 bits per heavy atom. The first-order chi connectivity index (χ1) is 22.1. The number of hydrogen-bond donors (Lipinski definition) is 0. The van der Waals surface area contributed by atoms with Crippen LogP contribution in [0.3, 0.4) is 0 Å². The van der Waals surface area contributed by atoms with Gasteiger partial charge in [-0.3, -0.25) is 0 Å². The molecule has 0 aromatic heterocycles. The Morgan fingerprint density at radius 3 is 1.33 bits per heavy atom. The molecule has 4 rings (SSSR count). The second kappa shape index (κ2) is 18.7. The Labute approximate surface area is 310 Å². The van der Waals surface area contributed by atoms with E-state index in [9.17, 15) is 16.9 Å². The quantitative estimate of drug-likeness (QED) is 0.143. The predicted octanol–water partition coefficient (Wildman–Crippen LogP) is 13.2. The van der Waals surface area contributed by atoms with Crippen molar-refractivity contribution in [1.82, 2.24) is 0 Å². The molecule has 0 amide bonds. The van der Waals surface area contributed by atoms with Gasteiger partial charge in [0.25, 0.3) is 0 Å². The molecule has 3 nitrogen and oxygen atoms in total. The fourth-order valence-corrected chi connectivity index (χ4v) is 11.1. The van der Waals surface area contributed by atoms with E-state index >= 15 is 0 Å². The SMILES string of the molecule is CC#N.COc1ccc(OC)c(P(C2CCCCC2)C2CCCCC2)c1-c1c(C(C)C)cc(C(C)C)cc1C(C)C.[Au].[F][Sb-]([F])([F])([F])([F])[F]. The summed E-state index contributed by atoms with van der Waals surface area (Å²) in [7, 11) is 3.38. The Morgan fingerprint density at radius 2 is 1.02 bits per heavy atom. The summed E-state index contributed by atoms with van der Waals surface area (Å²) >= 11 is -11.2. The van der Waals surface area contributed by atoms with E-state index in [4.69, 9.17) is 14.7 Å². The fourth-order valence-electron chi connectivity index (χ4n) is 7.01. The molecule has 2 aromatic rings. The number of nitriles is 1. The van der Waals surface area contributed by atoms with Gasteiger partial charge in [-0.2, -0.15) is 5.26 Å². The predicted molar refractivity (Wildman–Crippen MR) is 191 cm³/mol. The second-order valence-electron chi connectivity index (χ2n) is 13.9. The van der Waals surface area contributed by atoms with Crippen LogP contribution in [0.4, 0.5) is 16.9 Å². The van der Waals surface area contributed by atoms with Crippen LogP contribution in [0.25, 0.3) is 11.1 Å². The van der Waals surface area contributed by atoms with Crippen LogP contribution in [0.5, 0.6) is 11.5 Å². The van der Waals surface area contributed by atoms with E-state index in [1.54, 1.807) is 6.07 Å². The van der Waals surface area contributed by atoms with Crippen LogP contribution in [0.15, 0.2) is 24.3 Å². The maximum atomic E-state index is 9.93. The van der Waals surface area contributed by atoms with Gasteiger partial charge in [-0.05, 0) is 89.1 Å². The monoisotopic (exact) mass is 1010 g/mol. The van der Waals surface area contributed by atoms with Gasteiger partial charge in [-0.1, -0.05) is 100 Å². The molecule has 2 fully saturated rings. The summed E-state index contributed by atoms with van der Waals surface area (Å²) in [6.45, 7) is 15.5. The van der Waals surface area contributed by atoms with Crippen molar-refractivity contribution in [3.63, 3.8) is 0 Å². The second-order valence-corrected chi connectivity index (χ2v) is 22.1. The molecule has 1 radical (unpaired) electrons. The molecule has 2 aliphatic rings. The normalized spacial score (nSPS) is 17.2. The van der Waals surface area contributed by atoms with E-state index in [0.29, 0.717) is 17.8 Å². The molecule has 12 heteroatoms. The molecule has 2 saturated carbocycles. The molecule has 0 unspecified atom stereocenters. The Kier molecular flexibility index (Phi) is 17.6. The molecule has 0 saturated heterocycles. The van der Waals surface area contributed by atoms with E-state index in [1.807, 2.05) is 14.2 Å². The number of ether oxygens (including phenoxy) is 2. The van der Waals surface area contributed by atoms with Crippen molar-refractivity contribution >= 4 is 32.7 Å². The van der Waals surface area contributed by atoms with Crippen LogP contribution in [-0.2, 0) is 22.4 Å². The minimum atomic E-state index is -11.2. The number of halogens is 6. The molecule has 0 aliphatic heterocycles. The molecule has 0 N–H and O–H groups in total. The third-order valence-corrected chi connectivity index (χ3v) is 12.7. The van der Waals surface area contributed by atoms with Crippen LogP contribution in [0.2, 0.25) is 0 Å². The van der Waals surface area contributed by atoms with Gasteiger partial charge in [0.05, 0.1) is 20.3 Å². The van der Waals surface area contributed by atoms with Gasteiger partial charge in [0.15, 0.2) is 0 Å². The van der Waals surface area contributed by atoms with Crippen molar-refractivity contribution in [1.29, 1.82) is 5.26 Å². The summed E-state index contributed by atoms with van der Waals surface area (Å²) in [5.74, 6) is 3.50. The van der Waals surface area contributed by atoms with Gasteiger partial charge >= 0.3 is 36.4 Å². The van der Waals surface area contributed by atoms with Crippen molar-refractivity contribution < 1.29 is 48.7 Å². The molecule has 49 heavy (non-hydrogen) atoms. The molecule has 0 bridgehead atoms. The molecular weight excluding hydrogens is 954 g/mol.